The number of hydrogen-bond donors (Lipinski definition) is 2. The van der Waals surface area contributed by atoms with Crippen molar-refractivity contribution in [3.8, 4) is 0 Å². The van der Waals surface area contributed by atoms with Crippen LogP contribution in [0, 0.1) is 12.7 Å². The molecule has 0 fully saturated rings. The Morgan fingerprint density at radius 1 is 1.21 bits per heavy atom. The van der Waals surface area contributed by atoms with Crippen LogP contribution < -0.4 is 10.9 Å². The summed E-state index contributed by atoms with van der Waals surface area (Å²) in [4.78, 5) is 27.9. The molecule has 5 nitrogen and oxygen atoms in total. The number of H-pyrrole nitrogens is 1. The number of rotatable bonds is 4. The second-order valence-corrected chi connectivity index (χ2v) is 7.52. The van der Waals surface area contributed by atoms with Gasteiger partial charge in [0.1, 0.15) is 11.4 Å². The first-order chi connectivity index (χ1) is 13.8. The molecule has 0 atom stereocenters. The van der Waals surface area contributed by atoms with Crippen molar-refractivity contribution in [2.45, 2.75) is 13.3 Å². The molecular weight excluding hydrogens is 418 g/mol. The van der Waals surface area contributed by atoms with Gasteiger partial charge in [-0.1, -0.05) is 23.2 Å². The van der Waals surface area contributed by atoms with Crippen LogP contribution in [0.1, 0.15) is 21.6 Å². The van der Waals surface area contributed by atoms with Crippen molar-refractivity contribution in [2.24, 2.45) is 0 Å². The smallest absolute Gasteiger partial charge is 0.349 e. The minimum absolute atomic E-state index is 0.141. The van der Waals surface area contributed by atoms with Crippen molar-refractivity contribution in [1.29, 1.82) is 0 Å². The van der Waals surface area contributed by atoms with Crippen molar-refractivity contribution in [1.82, 2.24) is 10.3 Å². The summed E-state index contributed by atoms with van der Waals surface area (Å²) >= 11 is 12.0. The maximum atomic E-state index is 13.6. The van der Waals surface area contributed by atoms with Gasteiger partial charge in [0, 0.05) is 33.6 Å². The quantitative estimate of drug-likeness (QED) is 0.445. The van der Waals surface area contributed by atoms with Crippen molar-refractivity contribution < 1.29 is 13.6 Å². The topological polar surface area (TPSA) is 75.1 Å². The molecule has 0 unspecified atom stereocenters. The number of aromatic nitrogens is 1. The van der Waals surface area contributed by atoms with E-state index < -0.39 is 11.5 Å². The summed E-state index contributed by atoms with van der Waals surface area (Å²) in [7, 11) is 0. The van der Waals surface area contributed by atoms with E-state index in [-0.39, 0.29) is 28.5 Å². The van der Waals surface area contributed by atoms with Crippen LogP contribution in [0.4, 0.5) is 4.39 Å². The van der Waals surface area contributed by atoms with Gasteiger partial charge < -0.3 is 14.7 Å². The first-order valence-electron chi connectivity index (χ1n) is 8.81. The molecule has 0 saturated carbocycles. The molecule has 4 aromatic rings. The van der Waals surface area contributed by atoms with Gasteiger partial charge in [-0.2, -0.15) is 0 Å². The molecule has 0 bridgehead atoms. The number of benzene rings is 2. The van der Waals surface area contributed by atoms with Gasteiger partial charge in [-0.25, -0.2) is 9.18 Å². The highest BCUT2D eigenvalue weighted by Gasteiger charge is 2.16. The fourth-order valence-electron chi connectivity index (χ4n) is 3.39. The largest absolute Gasteiger partial charge is 0.421 e. The summed E-state index contributed by atoms with van der Waals surface area (Å²) in [6, 6.07) is 8.95. The second kappa shape index (κ2) is 7.54. The van der Waals surface area contributed by atoms with Crippen molar-refractivity contribution in [3.63, 3.8) is 0 Å². The molecule has 0 spiro atoms. The molecule has 8 heteroatoms. The molecule has 0 aliphatic rings. The fraction of sp³-hybridized carbons (Fsp3) is 0.143. The standard InChI is InChI=1S/C21H15Cl2FN2O3/c1-10-14(15-9-13(24)2-3-18(15)26-10)4-5-25-20(27)16-7-11-6-12(22)8-17(23)19(11)29-21(16)28/h2-3,6-9,26H,4-5H2,1H3,(H,25,27). The molecule has 2 heterocycles. The lowest BCUT2D eigenvalue weighted by Crippen LogP contribution is -2.30. The minimum atomic E-state index is -0.787. The van der Waals surface area contributed by atoms with Gasteiger partial charge in [-0.3, -0.25) is 4.79 Å². The Kier molecular flexibility index (Phi) is 5.06. The molecule has 0 saturated heterocycles. The van der Waals surface area contributed by atoms with Crippen LogP contribution in [0.25, 0.3) is 21.9 Å². The number of nitrogens with one attached hydrogen (secondary N) is 2. The molecular formula is C21H15Cl2FN2O3. The van der Waals surface area contributed by atoms with Gasteiger partial charge in [0.2, 0.25) is 0 Å². The highest BCUT2D eigenvalue weighted by Crippen LogP contribution is 2.27. The third-order valence-corrected chi connectivity index (χ3v) is 5.24. The van der Waals surface area contributed by atoms with E-state index in [1.165, 1.54) is 24.3 Å². The van der Waals surface area contributed by atoms with E-state index in [0.717, 1.165) is 22.2 Å². The lowest BCUT2D eigenvalue weighted by molar-refractivity contribution is 0.0950. The van der Waals surface area contributed by atoms with Gasteiger partial charge in [0.05, 0.1) is 5.02 Å². The molecule has 0 aliphatic heterocycles. The van der Waals surface area contributed by atoms with E-state index in [1.807, 2.05) is 6.92 Å². The van der Waals surface area contributed by atoms with Crippen molar-refractivity contribution in [2.75, 3.05) is 6.54 Å². The van der Waals surface area contributed by atoms with E-state index in [4.69, 9.17) is 27.6 Å². The fourth-order valence-corrected chi connectivity index (χ4v) is 3.94. The highest BCUT2D eigenvalue weighted by molar-refractivity contribution is 6.38. The third kappa shape index (κ3) is 3.73. The molecule has 0 radical (unpaired) electrons. The zero-order valence-corrected chi connectivity index (χ0v) is 16.7. The summed E-state index contributed by atoms with van der Waals surface area (Å²) in [6.45, 7) is 2.15. The number of carbonyl (C=O) groups excluding carboxylic acids is 1. The third-order valence-electron chi connectivity index (χ3n) is 4.74. The zero-order chi connectivity index (χ0) is 20.7. The number of carbonyl (C=O) groups is 1. The van der Waals surface area contributed by atoms with E-state index >= 15 is 0 Å². The predicted octanol–water partition coefficient (Wildman–Crippen LogP) is 5.00. The van der Waals surface area contributed by atoms with Gasteiger partial charge in [0.15, 0.2) is 5.58 Å². The Hall–Kier alpha value is -2.83. The maximum Gasteiger partial charge on any atom is 0.349 e. The molecule has 2 aromatic carbocycles. The molecule has 1 amide bonds. The Morgan fingerprint density at radius 3 is 2.79 bits per heavy atom. The van der Waals surface area contributed by atoms with Crippen LogP contribution in [0.3, 0.4) is 0 Å². The van der Waals surface area contributed by atoms with E-state index in [1.54, 1.807) is 12.1 Å². The highest BCUT2D eigenvalue weighted by atomic mass is 35.5. The lowest BCUT2D eigenvalue weighted by Gasteiger charge is -2.07. The van der Waals surface area contributed by atoms with Crippen molar-refractivity contribution >= 4 is 51.0 Å². The molecule has 2 aromatic heterocycles. The first kappa shape index (κ1) is 19.5. The maximum absolute atomic E-state index is 13.6. The van der Waals surface area contributed by atoms with Crippen LogP contribution in [-0.2, 0) is 6.42 Å². The summed E-state index contributed by atoms with van der Waals surface area (Å²) in [5.41, 5.74) is 1.88. The average Bonchev–Trinajstić information content (AvgIpc) is 2.96. The van der Waals surface area contributed by atoms with E-state index in [2.05, 4.69) is 10.3 Å². The Morgan fingerprint density at radius 2 is 2.00 bits per heavy atom. The van der Waals surface area contributed by atoms with Crippen LogP contribution >= 0.6 is 23.2 Å². The van der Waals surface area contributed by atoms with Gasteiger partial charge in [-0.15, -0.1) is 0 Å². The predicted molar refractivity (Wildman–Crippen MR) is 112 cm³/mol. The van der Waals surface area contributed by atoms with E-state index in [9.17, 15) is 14.0 Å². The molecule has 4 rings (SSSR count). The number of halogens is 3. The second-order valence-electron chi connectivity index (χ2n) is 6.68. The summed E-state index contributed by atoms with van der Waals surface area (Å²) in [5.74, 6) is -0.895. The zero-order valence-electron chi connectivity index (χ0n) is 15.2. The SMILES string of the molecule is Cc1[nH]c2ccc(F)cc2c1CCNC(=O)c1cc2cc(Cl)cc(Cl)c2oc1=O. The van der Waals surface area contributed by atoms with Crippen LogP contribution in [0.5, 0.6) is 0 Å². The minimum Gasteiger partial charge on any atom is -0.421 e. The Balaban J connectivity index is 1.55. The molecule has 148 valence electrons. The average molecular weight is 433 g/mol. The summed E-state index contributed by atoms with van der Waals surface area (Å²) < 4.78 is 18.8. The molecule has 29 heavy (non-hydrogen) atoms. The summed E-state index contributed by atoms with van der Waals surface area (Å²) in [5, 5.41) is 4.49. The first-order valence-corrected chi connectivity index (χ1v) is 9.57. The Bertz CT molecular complexity index is 1330. The number of fused-ring (bicyclic) bond motifs is 2. The Labute approximate surface area is 174 Å². The van der Waals surface area contributed by atoms with E-state index in [0.29, 0.717) is 16.8 Å². The van der Waals surface area contributed by atoms with Crippen LogP contribution in [-0.4, -0.2) is 17.4 Å². The normalized spacial score (nSPS) is 11.3. The number of aryl methyl sites for hydroxylation is 1. The van der Waals surface area contributed by atoms with Crippen LogP contribution in [0.2, 0.25) is 10.0 Å². The number of aromatic amines is 1. The summed E-state index contributed by atoms with van der Waals surface area (Å²) in [6.07, 6.45) is 0.470. The van der Waals surface area contributed by atoms with Crippen molar-refractivity contribution in [3.05, 3.63) is 79.5 Å². The van der Waals surface area contributed by atoms with Crippen LogP contribution in [0.15, 0.2) is 45.6 Å². The molecule has 2 N–H and O–H groups in total. The monoisotopic (exact) mass is 432 g/mol. The van der Waals surface area contributed by atoms with Gasteiger partial charge in [0.25, 0.3) is 5.91 Å². The lowest BCUT2D eigenvalue weighted by atomic mass is 10.1. The van der Waals surface area contributed by atoms with Gasteiger partial charge in [-0.05, 0) is 55.3 Å². The van der Waals surface area contributed by atoms with Gasteiger partial charge >= 0.3 is 5.63 Å². The number of hydrogen-bond acceptors (Lipinski definition) is 3. The molecule has 0 aliphatic carbocycles. The number of amides is 1.